The lowest BCUT2D eigenvalue weighted by Crippen LogP contribution is -3.00. The van der Waals surface area contributed by atoms with Gasteiger partial charge in [0.2, 0.25) is 5.54 Å². The number of thiocarbonyl (C=S) groups is 1. The maximum atomic E-state index is 12.6. The molecule has 2 N–H and O–H groups in total. The van der Waals surface area contributed by atoms with E-state index < -0.39 is 54.7 Å². The third-order valence-electron chi connectivity index (χ3n) is 24.3. The number of benzene rings is 1. The van der Waals surface area contributed by atoms with Gasteiger partial charge in [-0.2, -0.15) is 0 Å². The van der Waals surface area contributed by atoms with Crippen LogP contribution in [0.25, 0.3) is 4.85 Å². The second-order valence-electron chi connectivity index (χ2n) is 38.3. The van der Waals surface area contributed by atoms with E-state index in [0.717, 1.165) is 62.8 Å². The van der Waals surface area contributed by atoms with Crippen molar-refractivity contribution in [3.05, 3.63) is 84.3 Å². The molecule has 0 bridgehead atoms. The lowest BCUT2D eigenvalue weighted by atomic mass is 9.72. The molecule has 0 aliphatic carbocycles. The molecule has 131 heavy (non-hydrogen) atoms. The van der Waals surface area contributed by atoms with Gasteiger partial charge in [-0.1, -0.05) is 259 Å². The van der Waals surface area contributed by atoms with Gasteiger partial charge in [-0.15, -0.1) is 0 Å². The van der Waals surface area contributed by atoms with Gasteiger partial charge < -0.3 is 89.9 Å². The number of methoxy groups -OCH3 is 5. The smallest absolute Gasteiger partial charge is 0.332 e. The van der Waals surface area contributed by atoms with Gasteiger partial charge in [-0.25, -0.2) is 11.4 Å². The van der Waals surface area contributed by atoms with Crippen molar-refractivity contribution in [3.63, 3.8) is 0 Å². The minimum Gasteiger partial charge on any atom is -1.00 e. The summed E-state index contributed by atoms with van der Waals surface area (Å²) in [5.74, 6) is -3.27. The van der Waals surface area contributed by atoms with Gasteiger partial charge in [0.05, 0.1) is 118 Å². The molecule has 0 saturated carbocycles. The first-order chi connectivity index (χ1) is 60.9. The van der Waals surface area contributed by atoms with E-state index in [-0.39, 0.29) is 83.5 Å². The number of thioether (sulfide) groups is 1. The molecule has 2 heterocycles. The van der Waals surface area contributed by atoms with Crippen LogP contribution in [-0.4, -0.2) is 199 Å². The highest BCUT2D eigenvalue weighted by molar-refractivity contribution is 9.09. The molecule has 28 heteroatoms. The van der Waals surface area contributed by atoms with E-state index in [1.54, 1.807) is 20.8 Å². The Labute approximate surface area is 822 Å². The quantitative estimate of drug-likeness (QED) is 0.0120. The number of nitrogens with zero attached hydrogens (tertiary/aromatic N) is 5. The molecule has 0 amide bonds. The van der Waals surface area contributed by atoms with Crippen LogP contribution < -0.4 is 17.0 Å². The van der Waals surface area contributed by atoms with Crippen molar-refractivity contribution < 1.29 is 109 Å². The summed E-state index contributed by atoms with van der Waals surface area (Å²) in [4.78, 5) is 121. The number of carboxylic acid groups (broad SMARTS) is 1. The molecular weight excluding hydrogens is 1840 g/mol. The number of carbonyl (C=O) groups is 9. The molecule has 5 atom stereocenters. The largest absolute Gasteiger partial charge is 1.00 e. The maximum Gasteiger partial charge on any atom is 0.332 e. The summed E-state index contributed by atoms with van der Waals surface area (Å²) >= 11 is 10.1. The maximum absolute atomic E-state index is 12.6. The van der Waals surface area contributed by atoms with E-state index in [1.165, 1.54) is 234 Å². The van der Waals surface area contributed by atoms with Gasteiger partial charge in [-0.05, 0) is 172 Å². The van der Waals surface area contributed by atoms with E-state index in [1.807, 2.05) is 113 Å². The fourth-order valence-electron chi connectivity index (χ4n) is 15.7. The second-order valence-corrected chi connectivity index (χ2v) is 41.3. The summed E-state index contributed by atoms with van der Waals surface area (Å²) in [6, 6.07) is 9.29. The van der Waals surface area contributed by atoms with Crippen LogP contribution in [0.2, 0.25) is 0 Å². The van der Waals surface area contributed by atoms with E-state index in [9.17, 15) is 43.2 Å². The van der Waals surface area contributed by atoms with Crippen molar-refractivity contribution in [1.29, 1.82) is 0 Å². The number of carboxylic acids is 1. The zero-order valence-electron chi connectivity index (χ0n) is 85.4. The molecule has 1 aromatic rings. The Balaban J connectivity index is -0.000000802. The Hall–Kier alpha value is -6.28. The first-order valence-corrected chi connectivity index (χ1v) is 50.6. The van der Waals surface area contributed by atoms with Crippen LogP contribution in [-0.2, 0) is 81.0 Å². The van der Waals surface area contributed by atoms with Crippen molar-refractivity contribution in [2.75, 3.05) is 100 Å². The molecule has 3 rings (SSSR count). The minimum absolute atomic E-state index is 0. The van der Waals surface area contributed by atoms with Crippen molar-refractivity contribution >= 4 is 97.8 Å². The number of hydrogen-bond donors (Lipinski definition) is 1. The molecule has 2 aliphatic heterocycles. The molecule has 758 valence electrons. The molecular formula is C103H179Br2N5O19S2-2. The van der Waals surface area contributed by atoms with Gasteiger partial charge in [0.15, 0.2) is 0 Å². The first-order valence-electron chi connectivity index (χ1n) is 48.3. The van der Waals surface area contributed by atoms with Crippen molar-refractivity contribution in [1.82, 2.24) is 19.6 Å². The fourth-order valence-corrected chi connectivity index (χ4v) is 18.0. The van der Waals surface area contributed by atoms with Crippen LogP contribution in [0.4, 0.5) is 0 Å². The molecule has 0 fully saturated rings. The molecule has 0 radical (unpaired) electrons. The van der Waals surface area contributed by atoms with Crippen molar-refractivity contribution in [2.45, 2.75) is 385 Å². The Bertz CT molecular complexity index is 3350. The van der Waals surface area contributed by atoms with Crippen LogP contribution in [0.15, 0.2) is 67.3 Å². The van der Waals surface area contributed by atoms with Gasteiger partial charge in [0.25, 0.3) is 0 Å². The predicted molar refractivity (Wildman–Crippen MR) is 534 cm³/mol. The average molecular weight is 2020 g/mol. The molecule has 1 aromatic carbocycles. The van der Waals surface area contributed by atoms with Gasteiger partial charge in [-0.3, -0.25) is 38.4 Å². The third-order valence-corrected chi connectivity index (χ3v) is 26.6. The molecule has 24 nitrogen and oxygen atoms in total. The average Bonchev–Trinajstić information content (AvgIpc) is 1.19. The molecule has 2 aliphatic rings. The second kappa shape index (κ2) is 74.0. The normalized spacial score (nSPS) is 14.4. The zero-order valence-corrected chi connectivity index (χ0v) is 90.2. The number of rotatable bonds is 65. The standard InChI is InChI=1S/2C29H54N2O4.C22H41BrO4.C18H21NO4S2.C5H8O2.BrH.H2O/c2*1-7-9-19-30-21-22-31(25-30)20-17-15-13-11-10-12-14-16-18-23-35-26(32)28(3,4)24-29(5,8-2)27(33)34-6;1-6-22(4,20(25)26-5)18-21(2,3)19(24)27-17-15-13-11-9-7-8-10-12-14-16-23;1-17(19-3,11-10-14(20)21)12-18(2,16(22)23-4)25-15(24)13-8-6-5-7-9-13;1-4(2)5(6)7-3;;/h2*21-22H,7-20,23-25H2,1-6H3;6-18H2,1-5H3;5-9H,10-12H2,1-2,4H3,(H,20,21);1H2,2-3H3;1H;1H2/p-2. The monoisotopic (exact) mass is 2010 g/mol. The number of hydrogen-bond acceptors (Lipinski definition) is 24. The van der Waals surface area contributed by atoms with Gasteiger partial charge >= 0.3 is 53.7 Å². The van der Waals surface area contributed by atoms with Crippen molar-refractivity contribution in [3.8, 4) is 0 Å². The molecule has 0 aromatic heterocycles. The van der Waals surface area contributed by atoms with Gasteiger partial charge in [0.1, 0.15) is 4.75 Å². The van der Waals surface area contributed by atoms with Crippen LogP contribution in [0.5, 0.6) is 0 Å². The number of unbranched alkanes of at least 4 members (excludes halogenated alkanes) is 26. The zero-order chi connectivity index (χ0) is 98.0. The number of ether oxygens (including phenoxy) is 8. The number of halogens is 2. The van der Waals surface area contributed by atoms with E-state index in [2.05, 4.69) is 90.3 Å². The summed E-state index contributed by atoms with van der Waals surface area (Å²) < 4.78 is 40.0. The highest BCUT2D eigenvalue weighted by Crippen LogP contribution is 2.43. The predicted octanol–water partition coefficient (Wildman–Crippen LogP) is 21.7. The Morgan fingerprint density at radius 1 is 0.435 bits per heavy atom. The third kappa shape index (κ3) is 58.0. The van der Waals surface area contributed by atoms with E-state index in [4.69, 9.17) is 57.1 Å². The summed E-state index contributed by atoms with van der Waals surface area (Å²) in [7, 11) is 6.81. The highest BCUT2D eigenvalue weighted by Gasteiger charge is 2.49. The minimum atomic E-state index is -1.08. The summed E-state index contributed by atoms with van der Waals surface area (Å²) in [5.41, 5.74) is -3.87. The summed E-state index contributed by atoms with van der Waals surface area (Å²) in [6.45, 7) is 51.0. The Kier molecular flexibility index (Phi) is 74.0. The lowest BCUT2D eigenvalue weighted by Gasteiger charge is -2.33. The number of esters is 8. The Morgan fingerprint density at radius 3 is 0.962 bits per heavy atom. The molecule has 5 unspecified atom stereocenters. The summed E-state index contributed by atoms with van der Waals surface area (Å²) in [5, 5.41) is 10.0. The first kappa shape index (κ1) is 131. The highest BCUT2D eigenvalue weighted by atomic mass is 79.9. The Morgan fingerprint density at radius 2 is 0.718 bits per heavy atom. The molecule has 0 saturated heterocycles. The van der Waals surface area contributed by atoms with E-state index >= 15 is 0 Å². The topological polar surface area (TPSA) is 295 Å². The summed E-state index contributed by atoms with van der Waals surface area (Å²) in [6.07, 6.45) is 50.4. The number of aliphatic carboxylic acids is 1. The van der Waals surface area contributed by atoms with Crippen molar-refractivity contribution in [2.24, 2.45) is 32.5 Å². The fraction of sp³-hybridized carbons (Fsp3) is 0.777. The number of carbonyl (C=O) groups excluding carboxylic acids is 8. The van der Waals surface area contributed by atoms with Gasteiger partial charge in [0, 0.05) is 75.2 Å². The van der Waals surface area contributed by atoms with Crippen LogP contribution >= 0.6 is 39.9 Å². The van der Waals surface area contributed by atoms with E-state index in [0.29, 0.717) is 68.1 Å². The molecule has 0 spiro atoms. The van der Waals surface area contributed by atoms with Crippen LogP contribution in [0.1, 0.15) is 380 Å². The van der Waals surface area contributed by atoms with Crippen LogP contribution in [0.3, 0.4) is 0 Å². The van der Waals surface area contributed by atoms with Crippen LogP contribution in [0, 0.1) is 39.1 Å². The lowest BCUT2D eigenvalue weighted by molar-refractivity contribution is -0.163. The SMILES string of the molecule is C=C(C)C(=O)OC.CCC(C)(CC(C)(C)C(=O)OCCCCCCCCCCCBr)C(=O)OC.CCCCN1C=CN(CCCCCCCCCCCOC(=O)C(C)(C)CC(C)(CC)C(=O)OC)C1.CCCCN1C=CN(CCCCCCCCCCCOC(=O)C(C)(C)CC(C)(CC)C(=O)OC)C1.[Br-].[C-]#[N+]C(C)(CCC(=O)O)CC(C)(SC(=S)c1ccccc1)C(=O)OC.[OH-]. The number of alkyl halides is 1.